The monoisotopic (exact) mass is 314 g/mol. The maximum Gasteiger partial charge on any atom is 0.335 e. The Kier molecular flexibility index (Phi) is 5.03. The van der Waals surface area contributed by atoms with E-state index in [0.717, 1.165) is 0 Å². The molecule has 0 fully saturated rings. The number of carboxylic acid groups (broad SMARTS) is 2. The summed E-state index contributed by atoms with van der Waals surface area (Å²) in [5.41, 5.74) is 0.835. The molecule has 118 valence electrons. The van der Waals surface area contributed by atoms with Crippen molar-refractivity contribution >= 4 is 17.8 Å². The Hall–Kier alpha value is -3.22. The molecule has 0 radical (unpaired) electrons. The molecule has 23 heavy (non-hydrogen) atoms. The largest absolute Gasteiger partial charge is 0.480 e. The fraction of sp³-hybridized carbons (Fsp3) is 0.125. The van der Waals surface area contributed by atoms with Crippen LogP contribution in [0, 0.1) is 0 Å². The molecule has 7 nitrogen and oxygen atoms in total. The summed E-state index contributed by atoms with van der Waals surface area (Å²) in [7, 11) is 0. The van der Waals surface area contributed by atoms with Crippen molar-refractivity contribution in [3.05, 3.63) is 65.5 Å². The number of nitrogens with one attached hydrogen (secondary N) is 1. The first-order valence-electron chi connectivity index (χ1n) is 6.74. The van der Waals surface area contributed by atoms with Gasteiger partial charge in [0.25, 0.3) is 5.91 Å². The Morgan fingerprint density at radius 2 is 1.74 bits per heavy atom. The molecule has 0 spiro atoms. The van der Waals surface area contributed by atoms with Gasteiger partial charge in [-0.2, -0.15) is 0 Å². The van der Waals surface area contributed by atoms with Crippen molar-refractivity contribution in [3.63, 3.8) is 0 Å². The summed E-state index contributed by atoms with van der Waals surface area (Å²) < 4.78 is 0. The van der Waals surface area contributed by atoms with Crippen molar-refractivity contribution in [2.24, 2.45) is 0 Å². The first kappa shape index (κ1) is 16.2. The summed E-state index contributed by atoms with van der Waals surface area (Å²) in [6.45, 7) is 0. The molecule has 1 heterocycles. The SMILES string of the molecule is O=C(O)c1ccc(C[C@@H](NC(=O)c2ccccn2)C(=O)O)cc1. The Morgan fingerprint density at radius 1 is 1.04 bits per heavy atom. The summed E-state index contributed by atoms with van der Waals surface area (Å²) in [6, 6.07) is 9.43. The third kappa shape index (κ3) is 4.37. The Labute approximate surface area is 131 Å². The number of hydrogen-bond donors (Lipinski definition) is 3. The molecule has 1 amide bonds. The van der Waals surface area contributed by atoms with Gasteiger partial charge in [0.05, 0.1) is 5.56 Å². The van der Waals surface area contributed by atoms with Gasteiger partial charge in [-0.1, -0.05) is 18.2 Å². The summed E-state index contributed by atoms with van der Waals surface area (Å²) in [4.78, 5) is 37.9. The van der Waals surface area contributed by atoms with Gasteiger partial charge < -0.3 is 15.5 Å². The van der Waals surface area contributed by atoms with Crippen molar-refractivity contribution in [2.45, 2.75) is 12.5 Å². The molecule has 3 N–H and O–H groups in total. The average molecular weight is 314 g/mol. The van der Waals surface area contributed by atoms with Crippen LogP contribution in [0.1, 0.15) is 26.4 Å². The summed E-state index contributed by atoms with van der Waals surface area (Å²) in [5, 5.41) is 20.5. The van der Waals surface area contributed by atoms with Crippen LogP contribution in [-0.4, -0.2) is 39.1 Å². The van der Waals surface area contributed by atoms with Gasteiger partial charge in [-0.05, 0) is 29.8 Å². The number of rotatable bonds is 6. The highest BCUT2D eigenvalue weighted by Gasteiger charge is 2.21. The normalized spacial score (nSPS) is 11.5. The van der Waals surface area contributed by atoms with Gasteiger partial charge in [0, 0.05) is 12.6 Å². The fourth-order valence-corrected chi connectivity index (χ4v) is 1.95. The third-order valence-electron chi connectivity index (χ3n) is 3.14. The predicted molar refractivity (Wildman–Crippen MR) is 80.2 cm³/mol. The van der Waals surface area contributed by atoms with Crippen LogP contribution < -0.4 is 5.32 Å². The molecule has 0 aliphatic carbocycles. The number of carbonyl (C=O) groups excluding carboxylic acids is 1. The Bertz CT molecular complexity index is 713. The van der Waals surface area contributed by atoms with Crippen LogP contribution in [0.4, 0.5) is 0 Å². The summed E-state index contributed by atoms with van der Waals surface area (Å²) in [6.07, 6.45) is 1.48. The highest BCUT2D eigenvalue weighted by Crippen LogP contribution is 2.08. The second kappa shape index (κ2) is 7.17. The van der Waals surface area contributed by atoms with Crippen LogP contribution in [-0.2, 0) is 11.2 Å². The number of aromatic carboxylic acids is 1. The van der Waals surface area contributed by atoms with E-state index < -0.39 is 23.9 Å². The van der Waals surface area contributed by atoms with Gasteiger partial charge in [0.1, 0.15) is 11.7 Å². The Morgan fingerprint density at radius 3 is 2.26 bits per heavy atom. The molecule has 1 aromatic carbocycles. The average Bonchev–Trinajstić information content (AvgIpc) is 2.55. The van der Waals surface area contributed by atoms with Crippen molar-refractivity contribution in [3.8, 4) is 0 Å². The van der Waals surface area contributed by atoms with Crippen LogP contribution in [0.5, 0.6) is 0 Å². The van der Waals surface area contributed by atoms with Crippen molar-refractivity contribution in [1.82, 2.24) is 10.3 Å². The van der Waals surface area contributed by atoms with Gasteiger partial charge in [0.2, 0.25) is 0 Å². The number of hydrogen-bond acceptors (Lipinski definition) is 4. The zero-order valence-electron chi connectivity index (χ0n) is 12.0. The molecule has 0 aliphatic rings. The van der Waals surface area contributed by atoms with Crippen molar-refractivity contribution < 1.29 is 24.6 Å². The van der Waals surface area contributed by atoms with E-state index in [1.807, 2.05) is 0 Å². The van der Waals surface area contributed by atoms with E-state index in [1.165, 1.54) is 36.5 Å². The number of nitrogens with zero attached hydrogens (tertiary/aromatic N) is 1. The van der Waals surface area contributed by atoms with Crippen LogP contribution in [0.3, 0.4) is 0 Å². The molecule has 0 aliphatic heterocycles. The maximum absolute atomic E-state index is 12.0. The molecule has 0 saturated heterocycles. The van der Waals surface area contributed by atoms with E-state index >= 15 is 0 Å². The molecule has 0 unspecified atom stereocenters. The quantitative estimate of drug-likeness (QED) is 0.738. The second-order valence-electron chi connectivity index (χ2n) is 4.79. The molecule has 2 aromatic rings. The molecule has 2 rings (SSSR count). The van der Waals surface area contributed by atoms with Gasteiger partial charge in [0.15, 0.2) is 0 Å². The number of pyridine rings is 1. The number of amides is 1. The molecular weight excluding hydrogens is 300 g/mol. The predicted octanol–water partition coefficient (Wildman–Crippen LogP) is 1.21. The fourth-order valence-electron chi connectivity index (χ4n) is 1.95. The van der Waals surface area contributed by atoms with Crippen LogP contribution in [0.25, 0.3) is 0 Å². The highest BCUT2D eigenvalue weighted by molar-refractivity contribution is 5.95. The van der Waals surface area contributed by atoms with E-state index in [-0.39, 0.29) is 17.7 Å². The highest BCUT2D eigenvalue weighted by atomic mass is 16.4. The number of benzene rings is 1. The van der Waals surface area contributed by atoms with Crippen LogP contribution in [0.2, 0.25) is 0 Å². The van der Waals surface area contributed by atoms with Crippen molar-refractivity contribution in [1.29, 1.82) is 0 Å². The van der Waals surface area contributed by atoms with Gasteiger partial charge in [-0.3, -0.25) is 9.78 Å². The van der Waals surface area contributed by atoms with E-state index in [2.05, 4.69) is 10.3 Å². The first-order valence-corrected chi connectivity index (χ1v) is 6.74. The minimum absolute atomic E-state index is 0.0355. The number of carbonyl (C=O) groups is 3. The minimum atomic E-state index is -1.18. The zero-order valence-corrected chi connectivity index (χ0v) is 12.0. The van der Waals surface area contributed by atoms with E-state index in [0.29, 0.717) is 5.56 Å². The van der Waals surface area contributed by atoms with Gasteiger partial charge in [-0.15, -0.1) is 0 Å². The van der Waals surface area contributed by atoms with Crippen LogP contribution >= 0.6 is 0 Å². The molecule has 7 heteroatoms. The van der Waals surface area contributed by atoms with E-state index in [9.17, 15) is 19.5 Å². The Balaban J connectivity index is 2.08. The van der Waals surface area contributed by atoms with Gasteiger partial charge >= 0.3 is 11.9 Å². The topological polar surface area (TPSA) is 117 Å². The summed E-state index contributed by atoms with van der Waals surface area (Å²) in [5.74, 6) is -2.83. The molecule has 0 saturated carbocycles. The number of carboxylic acids is 2. The standard InChI is InChI=1S/C16H14N2O5/c19-14(12-3-1-2-8-17-12)18-13(16(22)23)9-10-4-6-11(7-5-10)15(20)21/h1-8,13H,9H2,(H,18,19)(H,20,21)(H,22,23)/t13-/m1/s1. The lowest BCUT2D eigenvalue weighted by Gasteiger charge is -2.14. The maximum atomic E-state index is 12.0. The van der Waals surface area contributed by atoms with E-state index in [4.69, 9.17) is 5.11 Å². The lowest BCUT2D eigenvalue weighted by molar-refractivity contribution is -0.139. The molecule has 1 aromatic heterocycles. The van der Waals surface area contributed by atoms with E-state index in [1.54, 1.807) is 12.1 Å². The molecule has 1 atom stereocenters. The van der Waals surface area contributed by atoms with Crippen molar-refractivity contribution in [2.75, 3.05) is 0 Å². The minimum Gasteiger partial charge on any atom is -0.480 e. The van der Waals surface area contributed by atoms with Gasteiger partial charge in [-0.25, -0.2) is 9.59 Å². The molecular formula is C16H14N2O5. The third-order valence-corrected chi connectivity index (χ3v) is 3.14. The lowest BCUT2D eigenvalue weighted by atomic mass is 10.0. The molecule has 0 bridgehead atoms. The second-order valence-corrected chi connectivity index (χ2v) is 4.79. The lowest BCUT2D eigenvalue weighted by Crippen LogP contribution is -2.42. The first-order chi connectivity index (χ1) is 11.0. The smallest absolute Gasteiger partial charge is 0.335 e. The zero-order chi connectivity index (χ0) is 16.8. The van der Waals surface area contributed by atoms with Crippen LogP contribution in [0.15, 0.2) is 48.7 Å². The number of aliphatic carboxylic acids is 1. The summed E-state index contributed by atoms with van der Waals surface area (Å²) >= 11 is 0. The number of aromatic nitrogens is 1.